The summed E-state index contributed by atoms with van der Waals surface area (Å²) in [6.45, 7) is 6.51. The lowest BCUT2D eigenvalue weighted by atomic mass is 9.98. The van der Waals surface area contributed by atoms with Gasteiger partial charge in [-0.15, -0.1) is 0 Å². The van der Waals surface area contributed by atoms with E-state index in [2.05, 4.69) is 11.8 Å². The van der Waals surface area contributed by atoms with E-state index < -0.39 is 0 Å². The lowest BCUT2D eigenvalue weighted by molar-refractivity contribution is -0.0199. The molecule has 0 radical (unpaired) electrons. The molecule has 0 spiro atoms. The third-order valence-corrected chi connectivity index (χ3v) is 4.24. The van der Waals surface area contributed by atoms with E-state index in [0.717, 1.165) is 43.9 Å². The number of hydrogen-bond donors (Lipinski definition) is 2. The van der Waals surface area contributed by atoms with E-state index in [1.807, 2.05) is 19.1 Å². The first-order valence-corrected chi connectivity index (χ1v) is 7.94. The van der Waals surface area contributed by atoms with Crippen molar-refractivity contribution in [2.75, 3.05) is 26.3 Å². The molecule has 1 aliphatic rings. The first kappa shape index (κ1) is 16.5. The van der Waals surface area contributed by atoms with Crippen LogP contribution in [-0.2, 0) is 4.74 Å². The van der Waals surface area contributed by atoms with Crippen molar-refractivity contribution in [2.24, 2.45) is 5.73 Å². The Labute approximate surface area is 127 Å². The second-order valence-electron chi connectivity index (χ2n) is 5.80. The van der Waals surface area contributed by atoms with Gasteiger partial charge in [0.15, 0.2) is 0 Å². The van der Waals surface area contributed by atoms with Crippen molar-refractivity contribution >= 4 is 0 Å². The Bertz CT molecular complexity index is 413. The Balaban J connectivity index is 1.99. The molecular weight excluding hydrogens is 268 g/mol. The molecule has 0 aliphatic carbocycles. The fraction of sp³-hybridized carbons (Fsp3) is 0.750. The zero-order valence-corrected chi connectivity index (χ0v) is 13.1. The topological polar surface area (TPSA) is 71.9 Å². The fourth-order valence-corrected chi connectivity index (χ4v) is 3.04. The zero-order chi connectivity index (χ0) is 15.2. The van der Waals surface area contributed by atoms with Gasteiger partial charge in [-0.25, -0.2) is 0 Å². The second-order valence-corrected chi connectivity index (χ2v) is 5.80. The Hall–Kier alpha value is -0.880. The SMILES string of the molecule is CCC(N)C(c1ccc(C)o1)N1CCC(OCCO)CC1. The molecule has 0 amide bonds. The molecule has 2 atom stereocenters. The van der Waals surface area contributed by atoms with Gasteiger partial charge in [-0.1, -0.05) is 6.92 Å². The summed E-state index contributed by atoms with van der Waals surface area (Å²) >= 11 is 0. The van der Waals surface area contributed by atoms with Gasteiger partial charge in [-0.05, 0) is 38.3 Å². The van der Waals surface area contributed by atoms with Crippen LogP contribution in [0, 0.1) is 6.92 Å². The monoisotopic (exact) mass is 296 g/mol. The molecule has 1 saturated heterocycles. The van der Waals surface area contributed by atoms with E-state index >= 15 is 0 Å². The molecule has 21 heavy (non-hydrogen) atoms. The van der Waals surface area contributed by atoms with E-state index in [9.17, 15) is 0 Å². The predicted molar refractivity (Wildman–Crippen MR) is 82.1 cm³/mol. The van der Waals surface area contributed by atoms with Gasteiger partial charge in [-0.3, -0.25) is 4.90 Å². The number of aryl methyl sites for hydroxylation is 1. The predicted octanol–water partition coefficient (Wildman–Crippen LogP) is 1.84. The van der Waals surface area contributed by atoms with Crippen molar-refractivity contribution in [2.45, 2.75) is 51.3 Å². The fourth-order valence-electron chi connectivity index (χ4n) is 3.04. The summed E-state index contributed by atoms with van der Waals surface area (Å²) < 4.78 is 11.5. The smallest absolute Gasteiger partial charge is 0.122 e. The van der Waals surface area contributed by atoms with Crippen LogP contribution in [0.15, 0.2) is 16.5 Å². The average Bonchev–Trinajstić information content (AvgIpc) is 2.92. The highest BCUT2D eigenvalue weighted by Gasteiger charge is 2.31. The first-order chi connectivity index (χ1) is 10.2. The van der Waals surface area contributed by atoms with Gasteiger partial charge in [-0.2, -0.15) is 0 Å². The van der Waals surface area contributed by atoms with Crippen LogP contribution in [0.4, 0.5) is 0 Å². The van der Waals surface area contributed by atoms with Crippen molar-refractivity contribution in [1.29, 1.82) is 0 Å². The van der Waals surface area contributed by atoms with Crippen molar-refractivity contribution in [1.82, 2.24) is 4.90 Å². The van der Waals surface area contributed by atoms with Crippen molar-refractivity contribution < 1.29 is 14.3 Å². The first-order valence-electron chi connectivity index (χ1n) is 7.94. The highest BCUT2D eigenvalue weighted by Crippen LogP contribution is 2.30. The molecule has 1 aliphatic heterocycles. The quantitative estimate of drug-likeness (QED) is 0.803. The molecule has 2 rings (SSSR count). The number of furan rings is 1. The van der Waals surface area contributed by atoms with Crippen LogP contribution in [-0.4, -0.2) is 48.5 Å². The Morgan fingerprint density at radius 2 is 2.14 bits per heavy atom. The van der Waals surface area contributed by atoms with Crippen LogP contribution in [0.25, 0.3) is 0 Å². The zero-order valence-electron chi connectivity index (χ0n) is 13.1. The molecule has 1 aromatic rings. The lowest BCUT2D eigenvalue weighted by Gasteiger charge is -2.38. The maximum absolute atomic E-state index is 8.83. The highest BCUT2D eigenvalue weighted by molar-refractivity contribution is 5.12. The molecule has 1 aromatic heterocycles. The van der Waals surface area contributed by atoms with E-state index in [4.69, 9.17) is 20.0 Å². The number of rotatable bonds is 7. The molecule has 2 unspecified atom stereocenters. The number of nitrogens with zero attached hydrogens (tertiary/aromatic N) is 1. The molecule has 0 saturated carbocycles. The standard InChI is InChI=1S/C16H28N2O3/c1-3-14(17)16(15-5-4-12(2)21-15)18-8-6-13(7-9-18)20-11-10-19/h4-5,13-14,16,19H,3,6-11,17H2,1-2H3. The van der Waals surface area contributed by atoms with Crippen LogP contribution in [0.1, 0.15) is 43.7 Å². The van der Waals surface area contributed by atoms with Gasteiger partial charge in [0.05, 0.1) is 25.4 Å². The summed E-state index contributed by atoms with van der Waals surface area (Å²) in [4.78, 5) is 2.41. The molecular formula is C16H28N2O3. The summed E-state index contributed by atoms with van der Waals surface area (Å²) in [7, 11) is 0. The van der Waals surface area contributed by atoms with Crippen LogP contribution in [0.5, 0.6) is 0 Å². The molecule has 120 valence electrons. The van der Waals surface area contributed by atoms with Crippen molar-refractivity contribution in [3.05, 3.63) is 23.7 Å². The normalized spacial score (nSPS) is 20.6. The van der Waals surface area contributed by atoms with Crippen LogP contribution >= 0.6 is 0 Å². The second kappa shape index (κ2) is 7.94. The third-order valence-electron chi connectivity index (χ3n) is 4.24. The van der Waals surface area contributed by atoms with Crippen molar-refractivity contribution in [3.8, 4) is 0 Å². The van der Waals surface area contributed by atoms with Gasteiger partial charge in [0, 0.05) is 19.1 Å². The maximum Gasteiger partial charge on any atom is 0.122 e. The van der Waals surface area contributed by atoms with Crippen LogP contribution < -0.4 is 5.73 Å². The average molecular weight is 296 g/mol. The van der Waals surface area contributed by atoms with E-state index in [1.165, 1.54) is 0 Å². The summed E-state index contributed by atoms with van der Waals surface area (Å²) in [5.74, 6) is 1.90. The largest absolute Gasteiger partial charge is 0.465 e. The van der Waals surface area contributed by atoms with Crippen LogP contribution in [0.2, 0.25) is 0 Å². The lowest BCUT2D eigenvalue weighted by Crippen LogP contribution is -2.46. The molecule has 1 fully saturated rings. The van der Waals surface area contributed by atoms with Gasteiger partial charge < -0.3 is 20.0 Å². The van der Waals surface area contributed by atoms with Gasteiger partial charge in [0.1, 0.15) is 11.5 Å². The molecule has 2 heterocycles. The van der Waals surface area contributed by atoms with Crippen LogP contribution in [0.3, 0.4) is 0 Å². The highest BCUT2D eigenvalue weighted by atomic mass is 16.5. The minimum absolute atomic E-state index is 0.0745. The third kappa shape index (κ3) is 4.30. The molecule has 3 N–H and O–H groups in total. The Morgan fingerprint density at radius 1 is 1.43 bits per heavy atom. The van der Waals surface area contributed by atoms with Gasteiger partial charge in [0.25, 0.3) is 0 Å². The molecule has 0 aromatic carbocycles. The number of hydrogen-bond acceptors (Lipinski definition) is 5. The number of piperidine rings is 1. The minimum Gasteiger partial charge on any atom is -0.465 e. The minimum atomic E-state index is 0.0745. The summed E-state index contributed by atoms with van der Waals surface area (Å²) in [5.41, 5.74) is 6.34. The maximum atomic E-state index is 8.83. The summed E-state index contributed by atoms with van der Waals surface area (Å²) in [6.07, 6.45) is 3.13. The molecule has 5 nitrogen and oxygen atoms in total. The number of likely N-dealkylation sites (tertiary alicyclic amines) is 1. The number of nitrogens with two attached hydrogens (primary N) is 1. The number of ether oxygens (including phenoxy) is 1. The number of aliphatic hydroxyl groups is 1. The number of aliphatic hydroxyl groups excluding tert-OH is 1. The Kier molecular flexibility index (Phi) is 6.23. The van der Waals surface area contributed by atoms with E-state index in [0.29, 0.717) is 6.61 Å². The summed E-state index contributed by atoms with van der Waals surface area (Å²) in [5, 5.41) is 8.83. The van der Waals surface area contributed by atoms with E-state index in [-0.39, 0.29) is 24.8 Å². The van der Waals surface area contributed by atoms with Gasteiger partial charge in [0.2, 0.25) is 0 Å². The molecule has 5 heteroatoms. The molecule has 0 bridgehead atoms. The summed E-state index contributed by atoms with van der Waals surface area (Å²) in [6, 6.07) is 4.26. The van der Waals surface area contributed by atoms with E-state index in [1.54, 1.807) is 0 Å². The Morgan fingerprint density at radius 3 is 2.67 bits per heavy atom. The van der Waals surface area contributed by atoms with Gasteiger partial charge >= 0.3 is 0 Å². The van der Waals surface area contributed by atoms with Crippen molar-refractivity contribution in [3.63, 3.8) is 0 Å².